The molecule has 1 aliphatic heterocycles. The molecular formula is C14H15N5O3S. The van der Waals surface area contributed by atoms with Crippen molar-refractivity contribution in [2.45, 2.75) is 5.09 Å². The Morgan fingerprint density at radius 2 is 1.91 bits per heavy atom. The van der Waals surface area contributed by atoms with Gasteiger partial charge in [0.05, 0.1) is 0 Å². The van der Waals surface area contributed by atoms with Gasteiger partial charge in [0.2, 0.25) is 11.0 Å². The number of hydrogen-bond acceptors (Lipinski definition) is 6. The Hall–Kier alpha value is -2.39. The number of rotatable bonds is 3. The van der Waals surface area contributed by atoms with Gasteiger partial charge in [0, 0.05) is 37.6 Å². The van der Waals surface area contributed by atoms with Gasteiger partial charge in [0.1, 0.15) is 11.9 Å². The maximum atomic E-state index is 12.7. The van der Waals surface area contributed by atoms with Crippen LogP contribution in [0.4, 0.5) is 5.95 Å². The van der Waals surface area contributed by atoms with E-state index in [1.807, 2.05) is 23.1 Å². The van der Waals surface area contributed by atoms with Crippen molar-refractivity contribution in [1.29, 1.82) is 0 Å². The van der Waals surface area contributed by atoms with Gasteiger partial charge < -0.3 is 9.32 Å². The zero-order chi connectivity index (χ0) is 15.9. The second kappa shape index (κ2) is 5.36. The van der Waals surface area contributed by atoms with Crippen LogP contribution < -0.4 is 4.90 Å². The molecule has 1 fully saturated rings. The Morgan fingerprint density at radius 1 is 1.13 bits per heavy atom. The Labute approximate surface area is 132 Å². The molecule has 3 heterocycles. The first kappa shape index (κ1) is 14.2. The minimum absolute atomic E-state index is 0.00758. The van der Waals surface area contributed by atoms with Gasteiger partial charge >= 0.3 is 0 Å². The fourth-order valence-corrected chi connectivity index (χ4v) is 4.07. The molecular weight excluding hydrogens is 318 g/mol. The van der Waals surface area contributed by atoms with E-state index in [2.05, 4.69) is 15.2 Å². The van der Waals surface area contributed by atoms with Crippen molar-refractivity contribution in [3.05, 3.63) is 36.7 Å². The molecule has 2 aromatic heterocycles. The molecule has 1 saturated heterocycles. The number of H-pyrrole nitrogens is 1. The normalized spacial score (nSPS) is 17.0. The summed E-state index contributed by atoms with van der Waals surface area (Å²) in [5.74, 6) is 0.658. The molecule has 0 aliphatic carbocycles. The molecule has 3 aromatic rings. The molecule has 0 saturated carbocycles. The van der Waals surface area contributed by atoms with E-state index >= 15 is 0 Å². The third-order valence-corrected chi connectivity index (χ3v) is 5.69. The molecule has 8 nitrogen and oxygen atoms in total. The number of furan rings is 1. The van der Waals surface area contributed by atoms with E-state index in [0.717, 1.165) is 5.39 Å². The van der Waals surface area contributed by atoms with Crippen molar-refractivity contribution in [2.75, 3.05) is 31.1 Å². The lowest BCUT2D eigenvalue weighted by Gasteiger charge is -2.32. The van der Waals surface area contributed by atoms with Gasteiger partial charge in [-0.15, -0.1) is 0 Å². The molecule has 120 valence electrons. The summed E-state index contributed by atoms with van der Waals surface area (Å²) < 4.78 is 32.4. The summed E-state index contributed by atoms with van der Waals surface area (Å²) in [5, 5.41) is 7.38. The van der Waals surface area contributed by atoms with Gasteiger partial charge in [-0.3, -0.25) is 0 Å². The Morgan fingerprint density at radius 3 is 2.61 bits per heavy atom. The maximum Gasteiger partial charge on any atom is 0.276 e. The van der Waals surface area contributed by atoms with Gasteiger partial charge in [-0.25, -0.2) is 13.5 Å². The smallest absolute Gasteiger partial charge is 0.276 e. The average molecular weight is 333 g/mol. The Kier molecular flexibility index (Phi) is 3.31. The number of anilines is 1. The van der Waals surface area contributed by atoms with Crippen LogP contribution in [-0.2, 0) is 10.0 Å². The van der Waals surface area contributed by atoms with Crippen LogP contribution in [0.1, 0.15) is 0 Å². The molecule has 1 aromatic carbocycles. The fraction of sp³-hybridized carbons (Fsp3) is 0.286. The number of aromatic amines is 1. The van der Waals surface area contributed by atoms with E-state index in [4.69, 9.17) is 4.42 Å². The first-order chi connectivity index (χ1) is 11.1. The van der Waals surface area contributed by atoms with Crippen LogP contribution in [0.15, 0.2) is 46.2 Å². The summed E-state index contributed by atoms with van der Waals surface area (Å²) in [6, 6.07) is 8.84. The number of sulfonamides is 1. The van der Waals surface area contributed by atoms with Crippen LogP contribution >= 0.6 is 0 Å². The quantitative estimate of drug-likeness (QED) is 0.770. The lowest BCUT2D eigenvalue weighted by molar-refractivity contribution is 0.365. The molecule has 0 amide bonds. The van der Waals surface area contributed by atoms with Crippen LogP contribution in [0.5, 0.6) is 0 Å². The largest absolute Gasteiger partial charge is 0.443 e. The number of nitrogens with zero attached hydrogens (tertiary/aromatic N) is 4. The summed E-state index contributed by atoms with van der Waals surface area (Å²) in [6.07, 6.45) is 1.44. The predicted octanol–water partition coefficient (Wildman–Crippen LogP) is 1.06. The van der Waals surface area contributed by atoms with Crippen molar-refractivity contribution in [3.8, 4) is 0 Å². The summed E-state index contributed by atoms with van der Waals surface area (Å²) >= 11 is 0. The standard InChI is InChI=1S/C14H15N5O3S/c20-23(21,13-9-11-3-1-2-4-12(11)22-13)19-7-5-18(6-8-19)14-15-10-16-17-14/h1-4,9-10H,5-8H2,(H,15,16,17). The molecule has 9 heteroatoms. The minimum Gasteiger partial charge on any atom is -0.443 e. The second-order valence-electron chi connectivity index (χ2n) is 5.30. The van der Waals surface area contributed by atoms with E-state index in [-0.39, 0.29) is 5.09 Å². The van der Waals surface area contributed by atoms with Crippen LogP contribution in [-0.4, -0.2) is 54.1 Å². The van der Waals surface area contributed by atoms with Crippen molar-refractivity contribution >= 4 is 26.9 Å². The molecule has 23 heavy (non-hydrogen) atoms. The lowest BCUT2D eigenvalue weighted by atomic mass is 10.3. The number of benzene rings is 1. The van der Waals surface area contributed by atoms with E-state index in [1.165, 1.54) is 10.6 Å². The molecule has 1 aliphatic rings. The molecule has 0 bridgehead atoms. The number of para-hydroxylation sites is 1. The van der Waals surface area contributed by atoms with E-state index in [0.29, 0.717) is 37.7 Å². The summed E-state index contributed by atoms with van der Waals surface area (Å²) in [6.45, 7) is 1.85. The number of hydrogen-bond donors (Lipinski definition) is 1. The summed E-state index contributed by atoms with van der Waals surface area (Å²) in [7, 11) is -3.62. The van der Waals surface area contributed by atoms with E-state index in [9.17, 15) is 8.42 Å². The second-order valence-corrected chi connectivity index (χ2v) is 7.17. The number of aromatic nitrogens is 3. The van der Waals surface area contributed by atoms with Crippen LogP contribution in [0, 0.1) is 0 Å². The molecule has 0 spiro atoms. The summed E-state index contributed by atoms with van der Waals surface area (Å²) in [5.41, 5.74) is 0.575. The maximum absolute atomic E-state index is 12.7. The molecule has 0 radical (unpaired) electrons. The number of piperazine rings is 1. The van der Waals surface area contributed by atoms with Crippen LogP contribution in [0.25, 0.3) is 11.0 Å². The van der Waals surface area contributed by atoms with Crippen LogP contribution in [0.3, 0.4) is 0 Å². The van der Waals surface area contributed by atoms with Gasteiger partial charge in [-0.2, -0.15) is 14.4 Å². The van der Waals surface area contributed by atoms with E-state index in [1.54, 1.807) is 12.1 Å². The zero-order valence-electron chi connectivity index (χ0n) is 12.2. The van der Waals surface area contributed by atoms with Gasteiger partial charge in [0.25, 0.3) is 10.0 Å². The predicted molar refractivity (Wildman–Crippen MR) is 83.6 cm³/mol. The Balaban J connectivity index is 1.55. The number of nitrogens with one attached hydrogen (secondary N) is 1. The van der Waals surface area contributed by atoms with Gasteiger partial charge in [-0.1, -0.05) is 18.2 Å². The van der Waals surface area contributed by atoms with Crippen molar-refractivity contribution < 1.29 is 12.8 Å². The highest BCUT2D eigenvalue weighted by molar-refractivity contribution is 7.89. The monoisotopic (exact) mass is 333 g/mol. The molecule has 1 N–H and O–H groups in total. The first-order valence-electron chi connectivity index (χ1n) is 7.24. The average Bonchev–Trinajstić information content (AvgIpc) is 3.24. The third kappa shape index (κ3) is 2.47. The lowest BCUT2D eigenvalue weighted by Crippen LogP contribution is -2.48. The minimum atomic E-state index is -3.62. The SMILES string of the molecule is O=S(=O)(c1cc2ccccc2o1)N1CCN(c2ncn[nH]2)CC1. The molecule has 0 atom stereocenters. The fourth-order valence-electron chi connectivity index (χ4n) is 2.70. The van der Waals surface area contributed by atoms with Gasteiger partial charge in [-0.05, 0) is 6.07 Å². The van der Waals surface area contributed by atoms with Crippen molar-refractivity contribution in [1.82, 2.24) is 19.5 Å². The van der Waals surface area contributed by atoms with Crippen LogP contribution in [0.2, 0.25) is 0 Å². The van der Waals surface area contributed by atoms with Crippen molar-refractivity contribution in [2.24, 2.45) is 0 Å². The highest BCUT2D eigenvalue weighted by atomic mass is 32.2. The third-order valence-electron chi connectivity index (χ3n) is 3.94. The highest BCUT2D eigenvalue weighted by Gasteiger charge is 2.31. The van der Waals surface area contributed by atoms with Crippen molar-refractivity contribution in [3.63, 3.8) is 0 Å². The number of fused-ring (bicyclic) bond motifs is 1. The van der Waals surface area contributed by atoms with Gasteiger partial charge in [0.15, 0.2) is 0 Å². The Bertz CT molecular complexity index is 878. The van der Waals surface area contributed by atoms with E-state index < -0.39 is 10.0 Å². The zero-order valence-corrected chi connectivity index (χ0v) is 13.0. The highest BCUT2D eigenvalue weighted by Crippen LogP contribution is 2.26. The first-order valence-corrected chi connectivity index (χ1v) is 8.68. The molecule has 0 unspecified atom stereocenters. The molecule has 4 rings (SSSR count). The topological polar surface area (TPSA) is 95.3 Å². The summed E-state index contributed by atoms with van der Waals surface area (Å²) in [4.78, 5) is 6.06.